The van der Waals surface area contributed by atoms with E-state index in [4.69, 9.17) is 9.40 Å². The Morgan fingerprint density at radius 3 is 1.75 bits per heavy atom. The van der Waals surface area contributed by atoms with Crippen molar-refractivity contribution in [3.05, 3.63) is 170 Å². The van der Waals surface area contributed by atoms with Crippen molar-refractivity contribution >= 4 is 98.1 Å². The van der Waals surface area contributed by atoms with E-state index in [9.17, 15) is 0 Å². The number of furan rings is 1. The van der Waals surface area contributed by atoms with Gasteiger partial charge >= 0.3 is 0 Å². The third-order valence-corrected chi connectivity index (χ3v) is 10.4. The van der Waals surface area contributed by atoms with Crippen molar-refractivity contribution in [2.45, 2.75) is 0 Å². The molecule has 8 aromatic carbocycles. The van der Waals surface area contributed by atoms with Gasteiger partial charge in [0.15, 0.2) is 0 Å². The minimum absolute atomic E-state index is 0.864. The fourth-order valence-corrected chi connectivity index (χ4v) is 7.72. The molecule has 10 rings (SSSR count). The molecule has 10 aromatic rings. The van der Waals surface area contributed by atoms with Gasteiger partial charge in [-0.3, -0.25) is 0 Å². The van der Waals surface area contributed by atoms with E-state index in [0.717, 1.165) is 61.2 Å². The lowest BCUT2D eigenvalue weighted by molar-refractivity contribution is 0.669. The molecule has 5 heteroatoms. The van der Waals surface area contributed by atoms with Crippen molar-refractivity contribution in [1.29, 1.82) is 0 Å². The topological polar surface area (TPSA) is 29.3 Å². The predicted octanol–water partition coefficient (Wildman–Crippen LogP) is 9.76. The normalized spacial score (nSPS) is 11.6. The molecule has 0 N–H and O–H groups in total. The van der Waals surface area contributed by atoms with Crippen LogP contribution in [0.3, 0.4) is 0 Å². The van der Waals surface area contributed by atoms with E-state index in [1.54, 1.807) is 0 Å². The molecular weight excluding hydrogens is 630 g/mol. The first-order valence-corrected chi connectivity index (χ1v) is 17.8. The molecule has 0 unspecified atom stereocenters. The average molecular weight is 662 g/mol. The highest BCUT2D eigenvalue weighted by atomic mass is 16.3. The van der Waals surface area contributed by atoms with Crippen molar-refractivity contribution in [3.8, 4) is 22.4 Å². The molecule has 0 aliphatic rings. The summed E-state index contributed by atoms with van der Waals surface area (Å²) >= 11 is 0. The standard InChI is InChI=1S/C47H32B2N2O/c48-42-11-5-10-36-26-43(49)46(50-47(36)42)31-16-20-38(21-17-31)51(37-18-14-30(15-19-37)35-13-12-29-6-1-2-7-32(29)24-35)39-22-23-40-41-25-33-8-3-4-9-34(33)27-44(41)52-45(40)28-39/h1-28H,48-49H2. The minimum atomic E-state index is 0.864. The maximum atomic E-state index is 6.54. The van der Waals surface area contributed by atoms with E-state index in [0.29, 0.717) is 0 Å². The van der Waals surface area contributed by atoms with Crippen molar-refractivity contribution in [3.63, 3.8) is 0 Å². The molecule has 0 saturated carbocycles. The number of benzene rings is 8. The van der Waals surface area contributed by atoms with Crippen LogP contribution in [0.15, 0.2) is 174 Å². The number of anilines is 3. The third kappa shape index (κ3) is 5.13. The lowest BCUT2D eigenvalue weighted by Crippen LogP contribution is -2.14. The van der Waals surface area contributed by atoms with Crippen LogP contribution in [0.4, 0.5) is 17.1 Å². The third-order valence-electron chi connectivity index (χ3n) is 10.4. The van der Waals surface area contributed by atoms with Gasteiger partial charge in [0.2, 0.25) is 0 Å². The number of nitrogens with zero attached hydrogens (tertiary/aromatic N) is 2. The van der Waals surface area contributed by atoms with E-state index in [1.165, 1.54) is 43.5 Å². The molecule has 0 atom stereocenters. The molecule has 0 aliphatic heterocycles. The van der Waals surface area contributed by atoms with Crippen LogP contribution in [0.5, 0.6) is 0 Å². The zero-order chi connectivity index (χ0) is 34.8. The van der Waals surface area contributed by atoms with Crippen LogP contribution in [0, 0.1) is 0 Å². The van der Waals surface area contributed by atoms with Gasteiger partial charge in [0.25, 0.3) is 0 Å². The molecule has 2 heterocycles. The molecule has 52 heavy (non-hydrogen) atoms. The summed E-state index contributed by atoms with van der Waals surface area (Å²) in [5.41, 5.74) is 12.8. The van der Waals surface area contributed by atoms with E-state index in [1.807, 2.05) is 0 Å². The second-order valence-electron chi connectivity index (χ2n) is 13.8. The first-order valence-electron chi connectivity index (χ1n) is 17.8. The predicted molar refractivity (Wildman–Crippen MR) is 226 cm³/mol. The first kappa shape index (κ1) is 30.3. The Morgan fingerprint density at radius 2 is 1.00 bits per heavy atom. The van der Waals surface area contributed by atoms with Crippen molar-refractivity contribution < 1.29 is 4.42 Å². The second-order valence-corrected chi connectivity index (χ2v) is 13.8. The monoisotopic (exact) mass is 662 g/mol. The van der Waals surface area contributed by atoms with Gasteiger partial charge in [0.05, 0.1) is 11.2 Å². The number of hydrogen-bond acceptors (Lipinski definition) is 3. The average Bonchev–Trinajstić information content (AvgIpc) is 3.54. The van der Waals surface area contributed by atoms with Crippen LogP contribution in [-0.4, -0.2) is 20.7 Å². The van der Waals surface area contributed by atoms with Crippen molar-refractivity contribution in [2.75, 3.05) is 4.90 Å². The summed E-state index contributed by atoms with van der Waals surface area (Å²) in [5.74, 6) is 0. The van der Waals surface area contributed by atoms with Crippen molar-refractivity contribution in [1.82, 2.24) is 4.98 Å². The highest BCUT2D eigenvalue weighted by Gasteiger charge is 2.17. The smallest absolute Gasteiger partial charge is 0.142 e. The summed E-state index contributed by atoms with van der Waals surface area (Å²) in [6, 6.07) is 60.8. The zero-order valence-electron chi connectivity index (χ0n) is 29.0. The molecule has 0 fully saturated rings. The summed E-state index contributed by atoms with van der Waals surface area (Å²) in [6.45, 7) is 0. The van der Waals surface area contributed by atoms with Gasteiger partial charge < -0.3 is 9.32 Å². The maximum absolute atomic E-state index is 6.54. The molecule has 0 aliphatic carbocycles. The number of para-hydroxylation sites is 1. The number of hydrogen-bond donors (Lipinski definition) is 0. The quantitative estimate of drug-likeness (QED) is 0.172. The number of rotatable bonds is 5. The molecule has 0 spiro atoms. The molecule has 2 aromatic heterocycles. The van der Waals surface area contributed by atoms with E-state index in [2.05, 4.69) is 190 Å². The Labute approximate surface area is 303 Å². The summed E-state index contributed by atoms with van der Waals surface area (Å²) in [4.78, 5) is 7.45. The minimum Gasteiger partial charge on any atom is -0.456 e. The molecule has 242 valence electrons. The first-order chi connectivity index (χ1) is 25.6. The van der Waals surface area contributed by atoms with Gasteiger partial charge in [-0.1, -0.05) is 120 Å². The van der Waals surface area contributed by atoms with Gasteiger partial charge in [0, 0.05) is 33.9 Å². The summed E-state index contributed by atoms with van der Waals surface area (Å²) in [7, 11) is 4.27. The van der Waals surface area contributed by atoms with Gasteiger partial charge in [-0.2, -0.15) is 0 Å². The summed E-state index contributed by atoms with van der Waals surface area (Å²) in [6.07, 6.45) is 0. The SMILES string of the molecule is Bc1cc2cccc(B)c2nc1-c1ccc(N(c2ccc(-c3ccc4ccccc4c3)cc2)c2ccc3c(c2)oc2cc4ccccc4cc23)cc1. The number of aromatic nitrogens is 1. The number of fused-ring (bicyclic) bond motifs is 6. The highest BCUT2D eigenvalue weighted by molar-refractivity contribution is 6.40. The summed E-state index contributed by atoms with van der Waals surface area (Å²) < 4.78 is 6.54. The van der Waals surface area contributed by atoms with Gasteiger partial charge in [0.1, 0.15) is 26.9 Å². The van der Waals surface area contributed by atoms with Crippen LogP contribution in [0.2, 0.25) is 0 Å². The van der Waals surface area contributed by atoms with Crippen LogP contribution >= 0.6 is 0 Å². The zero-order valence-corrected chi connectivity index (χ0v) is 29.0. The van der Waals surface area contributed by atoms with Crippen molar-refractivity contribution in [2.24, 2.45) is 0 Å². The van der Waals surface area contributed by atoms with Gasteiger partial charge in [-0.05, 0) is 98.2 Å². The molecular formula is C47H32B2N2O. The summed E-state index contributed by atoms with van der Waals surface area (Å²) in [5, 5.41) is 8.28. The van der Waals surface area contributed by atoms with Crippen LogP contribution < -0.4 is 15.8 Å². The van der Waals surface area contributed by atoms with E-state index >= 15 is 0 Å². The fraction of sp³-hybridized carbons (Fsp3) is 0. The highest BCUT2D eigenvalue weighted by Crippen LogP contribution is 2.40. The van der Waals surface area contributed by atoms with E-state index < -0.39 is 0 Å². The lowest BCUT2D eigenvalue weighted by atomic mass is 9.87. The molecule has 0 radical (unpaired) electrons. The fourth-order valence-electron chi connectivity index (χ4n) is 7.72. The second kappa shape index (κ2) is 12.0. The van der Waals surface area contributed by atoms with Gasteiger partial charge in [-0.15, -0.1) is 0 Å². The Kier molecular flexibility index (Phi) is 7.00. The number of pyridine rings is 1. The van der Waals surface area contributed by atoms with Crippen LogP contribution in [0.25, 0.3) is 76.8 Å². The molecule has 3 nitrogen and oxygen atoms in total. The Morgan fingerprint density at radius 1 is 0.404 bits per heavy atom. The molecule has 0 bridgehead atoms. The largest absolute Gasteiger partial charge is 0.456 e. The van der Waals surface area contributed by atoms with Gasteiger partial charge in [-0.25, -0.2) is 4.98 Å². The van der Waals surface area contributed by atoms with Crippen LogP contribution in [0.1, 0.15) is 0 Å². The Bertz CT molecular complexity index is 2990. The van der Waals surface area contributed by atoms with Crippen LogP contribution in [-0.2, 0) is 0 Å². The molecule has 0 amide bonds. The lowest BCUT2D eigenvalue weighted by Gasteiger charge is -2.26. The Balaban J connectivity index is 1.09. The molecule has 0 saturated heterocycles. The van der Waals surface area contributed by atoms with E-state index in [-0.39, 0.29) is 0 Å². The Hall–Kier alpha value is -6.58. The maximum Gasteiger partial charge on any atom is 0.142 e.